The first-order chi connectivity index (χ1) is 36.0. The molecule has 0 fully saturated rings. The van der Waals surface area contributed by atoms with Crippen molar-refractivity contribution in [2.45, 2.75) is 106 Å². The molecule has 5 nitrogen and oxygen atoms in total. The number of benzene rings is 7. The molecule has 0 N–H and O–H groups in total. The summed E-state index contributed by atoms with van der Waals surface area (Å²) >= 11 is 0. The number of hydrogen-bond donors (Lipinski definition) is 0. The van der Waals surface area contributed by atoms with Gasteiger partial charge >= 0.3 is 0 Å². The number of para-hydroxylation sites is 3. The van der Waals surface area contributed by atoms with Gasteiger partial charge in [-0.1, -0.05) is 186 Å². The molecular formula is C65H66N4O. The largest absolute Gasteiger partial charge is 0.458 e. The Morgan fingerprint density at radius 3 is 1.94 bits per heavy atom. The molecule has 70 heavy (non-hydrogen) atoms. The summed E-state index contributed by atoms with van der Waals surface area (Å²) in [5.41, 5.74) is 9.92. The van der Waals surface area contributed by atoms with E-state index >= 15 is 0 Å². The van der Waals surface area contributed by atoms with Crippen LogP contribution in [0.3, 0.4) is 0 Å². The Balaban J connectivity index is 1.15. The summed E-state index contributed by atoms with van der Waals surface area (Å²) in [6.45, 7) is 25.5. The van der Waals surface area contributed by atoms with Crippen LogP contribution in [0.25, 0.3) is 72.3 Å². The van der Waals surface area contributed by atoms with Crippen LogP contribution < -0.4 is 9.30 Å². The van der Waals surface area contributed by atoms with Gasteiger partial charge < -0.3 is 4.74 Å². The van der Waals surface area contributed by atoms with Gasteiger partial charge in [0, 0.05) is 25.8 Å². The normalized spacial score (nSPS) is 14.3. The fraction of sp³-hybridized carbons (Fsp3) is 0.262. The Kier molecular flexibility index (Phi) is 9.54. The Morgan fingerprint density at radius 2 is 1.24 bits per heavy atom. The third-order valence-electron chi connectivity index (χ3n) is 13.0. The van der Waals surface area contributed by atoms with E-state index in [0.717, 1.165) is 72.2 Å². The van der Waals surface area contributed by atoms with Crippen LogP contribution in [0.15, 0.2) is 170 Å². The molecule has 0 aliphatic heterocycles. The molecule has 10 aromatic rings. The van der Waals surface area contributed by atoms with Gasteiger partial charge in [-0.3, -0.25) is 13.7 Å². The predicted molar refractivity (Wildman–Crippen MR) is 292 cm³/mol. The standard InChI is InChI=1S/C65H66N4O/c1-62(2,3)41-43-28-31-56-55(34-43)54-30-29-51(40-59(54)69(56)60-38-46(32-33-66-60)63(4,5)6)70-50-23-18-22-49(39-50)67-42-68(58-27-17-16-26-57(58)67)61-52(44-20-14-13-15-21-44)24-19-25-53(61)45-35-47(64(7,8)9)37-48(36-45)65(10,11)12/h13-40H,41H2,1-12H3/i13D,14D,15D,20D,21D,41D2. The molecule has 5 heteroatoms. The number of rotatable bonds is 8. The summed E-state index contributed by atoms with van der Waals surface area (Å²) < 4.78 is 75.7. The lowest BCUT2D eigenvalue weighted by atomic mass is 9.78. The fourth-order valence-corrected chi connectivity index (χ4v) is 9.32. The Hall–Kier alpha value is -7.24. The lowest BCUT2D eigenvalue weighted by Crippen LogP contribution is -2.31. The minimum atomic E-state index is -1.60. The highest BCUT2D eigenvalue weighted by Crippen LogP contribution is 2.41. The number of imidazole rings is 1. The van der Waals surface area contributed by atoms with Crippen LogP contribution in [-0.2, 0) is 22.6 Å². The second-order valence-electron chi connectivity index (χ2n) is 22.6. The van der Waals surface area contributed by atoms with Crippen molar-refractivity contribution in [2.75, 3.05) is 0 Å². The van der Waals surface area contributed by atoms with E-state index in [1.54, 1.807) is 0 Å². The van der Waals surface area contributed by atoms with Gasteiger partial charge in [0.1, 0.15) is 17.3 Å². The van der Waals surface area contributed by atoms with Crippen LogP contribution in [-0.4, -0.2) is 14.1 Å². The molecular weight excluding hydrogens is 853 g/mol. The molecule has 0 bridgehead atoms. The molecule has 0 atom stereocenters. The van der Waals surface area contributed by atoms with Crippen molar-refractivity contribution in [1.82, 2.24) is 14.1 Å². The molecule has 0 aliphatic rings. The van der Waals surface area contributed by atoms with Gasteiger partial charge in [0.05, 0.1) is 40.3 Å². The van der Waals surface area contributed by atoms with Crippen molar-refractivity contribution in [3.8, 4) is 50.9 Å². The number of nitrogens with zero attached hydrogens (tertiary/aromatic N) is 4. The van der Waals surface area contributed by atoms with Crippen LogP contribution in [0.2, 0.25) is 0 Å². The van der Waals surface area contributed by atoms with Crippen molar-refractivity contribution < 1.29 is 18.9 Å². The average Bonchev–Trinajstić information content (AvgIpc) is 3.93. The third-order valence-corrected chi connectivity index (χ3v) is 13.0. The predicted octanol–water partition coefficient (Wildman–Crippen LogP) is 16.8. The monoisotopic (exact) mass is 926 g/mol. The van der Waals surface area contributed by atoms with Gasteiger partial charge in [0.2, 0.25) is 0 Å². The van der Waals surface area contributed by atoms with Gasteiger partial charge in [0.15, 0.2) is 0 Å². The highest BCUT2D eigenvalue weighted by molar-refractivity contribution is 6.09. The molecule has 10 rings (SSSR count). The first-order valence-corrected chi connectivity index (χ1v) is 24.2. The maximum absolute atomic E-state index is 9.24. The van der Waals surface area contributed by atoms with Crippen LogP contribution in [0, 0.1) is 11.7 Å². The molecule has 0 saturated carbocycles. The smallest absolute Gasteiger partial charge is 0.269 e. The number of hydrogen-bond acceptors (Lipinski definition) is 2. The van der Waals surface area contributed by atoms with Crippen LogP contribution >= 0.6 is 0 Å². The third kappa shape index (κ3) is 9.06. The zero-order chi connectivity index (χ0) is 55.5. The van der Waals surface area contributed by atoms with E-state index in [2.05, 4.69) is 97.5 Å². The maximum Gasteiger partial charge on any atom is 0.269 e. The van der Waals surface area contributed by atoms with Gasteiger partial charge in [-0.2, -0.15) is 0 Å². The SMILES string of the molecule is [2H]c1c([2H])c([2H])c(-c2cccc(-c3cc(C(C)(C)C)cc(C(C)(C)C)c3)c2-[n+]2[c-]n(-c3cccc(Oc4ccc5c6cc(C([2H])([2H])C(C)(C)C)ccc6n(-c6cc(C(C)(C)C)ccn6)c5c4)c3)c3ccccc32)c([2H])c1[2H]. The maximum atomic E-state index is 9.24. The Morgan fingerprint density at radius 1 is 0.571 bits per heavy atom. The topological polar surface area (TPSA) is 35.9 Å². The zero-order valence-electron chi connectivity index (χ0n) is 49.5. The molecule has 7 aromatic carbocycles. The van der Waals surface area contributed by atoms with Crippen molar-refractivity contribution in [3.05, 3.63) is 198 Å². The number of fused-ring (bicyclic) bond motifs is 4. The average molecular weight is 926 g/mol. The van der Waals surface area contributed by atoms with Crippen LogP contribution in [0.5, 0.6) is 11.5 Å². The fourth-order valence-electron chi connectivity index (χ4n) is 9.32. The first kappa shape index (κ1) is 38.6. The van der Waals surface area contributed by atoms with Crippen molar-refractivity contribution in [3.63, 3.8) is 0 Å². The van der Waals surface area contributed by atoms with Gasteiger partial charge in [-0.15, -0.1) is 0 Å². The molecule has 0 unspecified atom stereocenters. The highest BCUT2D eigenvalue weighted by Gasteiger charge is 2.25. The summed E-state index contributed by atoms with van der Waals surface area (Å²) in [6.07, 6.45) is 3.94. The molecule has 0 saturated heterocycles. The molecule has 352 valence electrons. The molecule has 0 amide bonds. The summed E-state index contributed by atoms with van der Waals surface area (Å²) in [5.74, 6) is 1.92. The Bertz CT molecular complexity index is 3930. The first-order valence-electron chi connectivity index (χ1n) is 27.7. The lowest BCUT2D eigenvalue weighted by Gasteiger charge is -2.27. The Labute approximate surface area is 424 Å². The van der Waals surface area contributed by atoms with E-state index in [9.17, 15) is 2.74 Å². The van der Waals surface area contributed by atoms with Gasteiger partial charge in [-0.25, -0.2) is 4.98 Å². The summed E-state index contributed by atoms with van der Waals surface area (Å²) in [7, 11) is 0. The molecule has 3 aromatic heterocycles. The second kappa shape index (κ2) is 17.3. The molecule has 0 radical (unpaired) electrons. The molecule has 0 spiro atoms. The van der Waals surface area contributed by atoms with E-state index in [-0.39, 0.29) is 33.9 Å². The molecule has 0 aliphatic carbocycles. The quantitative estimate of drug-likeness (QED) is 0.112. The van der Waals surface area contributed by atoms with Crippen molar-refractivity contribution in [1.29, 1.82) is 0 Å². The number of pyridine rings is 1. The van der Waals surface area contributed by atoms with E-state index < -0.39 is 29.9 Å². The number of ether oxygens (including phenoxy) is 1. The van der Waals surface area contributed by atoms with Crippen LogP contribution in [0.1, 0.15) is 115 Å². The minimum Gasteiger partial charge on any atom is -0.458 e. The molecule has 3 heterocycles. The van der Waals surface area contributed by atoms with Gasteiger partial charge in [-0.05, 0) is 127 Å². The van der Waals surface area contributed by atoms with Crippen molar-refractivity contribution in [2.24, 2.45) is 5.41 Å². The van der Waals surface area contributed by atoms with E-state index in [4.69, 9.17) is 16.6 Å². The highest BCUT2D eigenvalue weighted by atomic mass is 16.5. The second-order valence-corrected chi connectivity index (χ2v) is 22.6. The number of aromatic nitrogens is 4. The van der Waals surface area contributed by atoms with Crippen LogP contribution in [0.4, 0.5) is 0 Å². The van der Waals surface area contributed by atoms with E-state index in [1.807, 2.05) is 145 Å². The van der Waals surface area contributed by atoms with Crippen molar-refractivity contribution >= 4 is 32.8 Å². The van der Waals surface area contributed by atoms with Gasteiger partial charge in [0.25, 0.3) is 6.33 Å². The lowest BCUT2D eigenvalue weighted by molar-refractivity contribution is -0.571. The summed E-state index contributed by atoms with van der Waals surface area (Å²) in [4.78, 5) is 4.90. The minimum absolute atomic E-state index is 0.101. The zero-order valence-corrected chi connectivity index (χ0v) is 42.5. The van der Waals surface area contributed by atoms with E-state index in [0.29, 0.717) is 28.3 Å². The summed E-state index contributed by atoms with van der Waals surface area (Å²) in [6, 6.07) is 42.5. The van der Waals surface area contributed by atoms with E-state index in [1.165, 1.54) is 0 Å². The summed E-state index contributed by atoms with van der Waals surface area (Å²) in [5, 5.41) is 1.86.